The monoisotopic (exact) mass is 356 g/mol. The first kappa shape index (κ1) is 14.9. The summed E-state index contributed by atoms with van der Waals surface area (Å²) >= 11 is 11.2. The molecule has 2 aromatic carbocycles. The Hall–Kier alpha value is -0.520. The van der Waals surface area contributed by atoms with Gasteiger partial charge in [0.2, 0.25) is 0 Å². The van der Waals surface area contributed by atoms with Crippen molar-refractivity contribution < 1.29 is 0 Å². The van der Waals surface area contributed by atoms with Crippen molar-refractivity contribution in [2.75, 3.05) is 5.75 Å². The van der Waals surface area contributed by atoms with Crippen molar-refractivity contribution in [3.05, 3.63) is 63.6 Å². The molecule has 0 bridgehead atoms. The van der Waals surface area contributed by atoms with Crippen molar-refractivity contribution in [1.82, 2.24) is 5.43 Å². The number of hydrogen-bond acceptors (Lipinski definition) is 3. The van der Waals surface area contributed by atoms with Crippen LogP contribution < -0.4 is 11.3 Å². The van der Waals surface area contributed by atoms with Crippen LogP contribution in [0.4, 0.5) is 0 Å². The Kier molecular flexibility index (Phi) is 5.73. The summed E-state index contributed by atoms with van der Waals surface area (Å²) in [6.45, 7) is 0. The minimum absolute atomic E-state index is 0.0719. The molecule has 1 atom stereocenters. The minimum atomic E-state index is 0.0719. The standard InChI is InChI=1S/C14H14BrClN2S/c15-11-4-2-6-13(8-11)19-9-14(18-17)10-3-1-5-12(16)7-10/h1-8,14,18H,9,17H2. The Morgan fingerprint density at radius 2 is 2.00 bits per heavy atom. The van der Waals surface area contributed by atoms with Gasteiger partial charge in [0.1, 0.15) is 0 Å². The van der Waals surface area contributed by atoms with Gasteiger partial charge in [-0.2, -0.15) is 0 Å². The molecule has 3 N–H and O–H groups in total. The average Bonchev–Trinajstić information content (AvgIpc) is 2.40. The first-order valence-electron chi connectivity index (χ1n) is 5.79. The van der Waals surface area contributed by atoms with Gasteiger partial charge in [0, 0.05) is 20.1 Å². The van der Waals surface area contributed by atoms with Crippen molar-refractivity contribution in [2.24, 2.45) is 5.84 Å². The number of nitrogens with one attached hydrogen (secondary N) is 1. The highest BCUT2D eigenvalue weighted by Gasteiger charge is 2.10. The van der Waals surface area contributed by atoms with Gasteiger partial charge >= 0.3 is 0 Å². The lowest BCUT2D eigenvalue weighted by Gasteiger charge is -2.16. The lowest BCUT2D eigenvalue weighted by molar-refractivity contribution is 0.611. The molecule has 0 aliphatic heterocycles. The molecule has 0 radical (unpaired) electrons. The highest BCUT2D eigenvalue weighted by atomic mass is 79.9. The van der Waals surface area contributed by atoms with Crippen LogP contribution in [-0.4, -0.2) is 5.75 Å². The van der Waals surface area contributed by atoms with E-state index in [0.717, 1.165) is 20.8 Å². The van der Waals surface area contributed by atoms with Crippen molar-refractivity contribution in [3.8, 4) is 0 Å². The quantitative estimate of drug-likeness (QED) is 0.473. The van der Waals surface area contributed by atoms with Crippen LogP contribution in [0, 0.1) is 0 Å². The van der Waals surface area contributed by atoms with Gasteiger partial charge in [0.15, 0.2) is 0 Å². The van der Waals surface area contributed by atoms with Crippen LogP contribution in [0.5, 0.6) is 0 Å². The van der Waals surface area contributed by atoms with Gasteiger partial charge in [-0.3, -0.25) is 11.3 Å². The second-order valence-electron chi connectivity index (χ2n) is 4.04. The van der Waals surface area contributed by atoms with E-state index in [4.69, 9.17) is 17.4 Å². The highest BCUT2D eigenvalue weighted by molar-refractivity contribution is 9.10. The maximum absolute atomic E-state index is 6.00. The highest BCUT2D eigenvalue weighted by Crippen LogP contribution is 2.27. The molecule has 19 heavy (non-hydrogen) atoms. The number of benzene rings is 2. The van der Waals surface area contributed by atoms with Crippen LogP contribution in [0.3, 0.4) is 0 Å². The molecule has 0 fully saturated rings. The smallest absolute Gasteiger partial charge is 0.0554 e. The first-order chi connectivity index (χ1) is 9.19. The Labute approximate surface area is 130 Å². The number of hydrogen-bond donors (Lipinski definition) is 2. The van der Waals surface area contributed by atoms with E-state index < -0.39 is 0 Å². The molecule has 2 aromatic rings. The maximum Gasteiger partial charge on any atom is 0.0554 e. The fraction of sp³-hybridized carbons (Fsp3) is 0.143. The Bertz CT molecular complexity index is 550. The van der Waals surface area contributed by atoms with Crippen LogP contribution in [0.1, 0.15) is 11.6 Å². The second-order valence-corrected chi connectivity index (χ2v) is 6.49. The molecule has 0 spiro atoms. The normalized spacial score (nSPS) is 12.4. The van der Waals surface area contributed by atoms with Gasteiger partial charge < -0.3 is 0 Å². The Morgan fingerprint density at radius 3 is 2.68 bits per heavy atom. The van der Waals surface area contributed by atoms with Crippen LogP contribution >= 0.6 is 39.3 Å². The molecule has 0 aliphatic rings. The number of hydrazine groups is 1. The van der Waals surface area contributed by atoms with Crippen molar-refractivity contribution >= 4 is 39.3 Å². The maximum atomic E-state index is 6.00. The fourth-order valence-corrected chi connectivity index (χ4v) is 3.48. The summed E-state index contributed by atoms with van der Waals surface area (Å²) in [5.74, 6) is 6.47. The summed E-state index contributed by atoms with van der Waals surface area (Å²) in [6.07, 6.45) is 0. The topological polar surface area (TPSA) is 38.0 Å². The zero-order valence-corrected chi connectivity index (χ0v) is 13.3. The molecule has 2 rings (SSSR count). The predicted molar refractivity (Wildman–Crippen MR) is 86.4 cm³/mol. The zero-order valence-electron chi connectivity index (χ0n) is 10.1. The molecule has 5 heteroatoms. The Balaban J connectivity index is 2.04. The van der Waals surface area contributed by atoms with Crippen molar-refractivity contribution in [1.29, 1.82) is 0 Å². The van der Waals surface area contributed by atoms with Gasteiger partial charge in [-0.05, 0) is 35.9 Å². The Morgan fingerprint density at radius 1 is 1.21 bits per heavy atom. The van der Waals surface area contributed by atoms with E-state index in [1.807, 2.05) is 36.4 Å². The van der Waals surface area contributed by atoms with Crippen LogP contribution in [-0.2, 0) is 0 Å². The molecule has 2 nitrogen and oxygen atoms in total. The minimum Gasteiger partial charge on any atom is -0.271 e. The molecule has 0 aliphatic carbocycles. The van der Waals surface area contributed by atoms with Gasteiger partial charge in [-0.25, -0.2) is 0 Å². The van der Waals surface area contributed by atoms with E-state index in [1.165, 1.54) is 4.90 Å². The first-order valence-corrected chi connectivity index (χ1v) is 7.94. The SMILES string of the molecule is NNC(CSc1cccc(Br)c1)c1cccc(Cl)c1. The molecular weight excluding hydrogens is 344 g/mol. The van der Waals surface area contributed by atoms with E-state index in [2.05, 4.69) is 33.5 Å². The lowest BCUT2D eigenvalue weighted by atomic mass is 10.1. The summed E-state index contributed by atoms with van der Waals surface area (Å²) < 4.78 is 1.08. The van der Waals surface area contributed by atoms with Gasteiger partial charge in [-0.15, -0.1) is 11.8 Å². The summed E-state index contributed by atoms with van der Waals surface area (Å²) in [5.41, 5.74) is 3.93. The molecule has 0 amide bonds. The molecular formula is C14H14BrClN2S. The third kappa shape index (κ3) is 4.51. The zero-order chi connectivity index (χ0) is 13.7. The third-order valence-electron chi connectivity index (χ3n) is 2.66. The van der Waals surface area contributed by atoms with Crippen molar-refractivity contribution in [3.63, 3.8) is 0 Å². The lowest BCUT2D eigenvalue weighted by Crippen LogP contribution is -2.29. The summed E-state index contributed by atoms with van der Waals surface area (Å²) in [5, 5.41) is 0.727. The average molecular weight is 358 g/mol. The molecule has 100 valence electrons. The molecule has 0 aromatic heterocycles. The van der Waals surface area contributed by atoms with E-state index >= 15 is 0 Å². The predicted octanol–water partition coefficient (Wildman–Crippen LogP) is 4.40. The van der Waals surface area contributed by atoms with Crippen LogP contribution in [0.15, 0.2) is 57.9 Å². The fourth-order valence-electron chi connectivity index (χ4n) is 1.70. The van der Waals surface area contributed by atoms with E-state index in [0.29, 0.717) is 0 Å². The molecule has 1 unspecified atom stereocenters. The van der Waals surface area contributed by atoms with Crippen molar-refractivity contribution in [2.45, 2.75) is 10.9 Å². The number of thioether (sulfide) groups is 1. The van der Waals surface area contributed by atoms with E-state index in [-0.39, 0.29) is 6.04 Å². The number of rotatable bonds is 5. The van der Waals surface area contributed by atoms with E-state index in [1.54, 1.807) is 11.8 Å². The van der Waals surface area contributed by atoms with Gasteiger partial charge in [-0.1, -0.05) is 45.7 Å². The second kappa shape index (κ2) is 7.31. The summed E-state index contributed by atoms with van der Waals surface area (Å²) in [6, 6.07) is 16.0. The van der Waals surface area contributed by atoms with Crippen LogP contribution in [0.25, 0.3) is 0 Å². The molecule has 0 saturated carbocycles. The van der Waals surface area contributed by atoms with Gasteiger partial charge in [0.25, 0.3) is 0 Å². The molecule has 0 saturated heterocycles. The summed E-state index contributed by atoms with van der Waals surface area (Å²) in [4.78, 5) is 1.21. The third-order valence-corrected chi connectivity index (χ3v) is 4.48. The van der Waals surface area contributed by atoms with Gasteiger partial charge in [0.05, 0.1) is 6.04 Å². The van der Waals surface area contributed by atoms with E-state index in [9.17, 15) is 0 Å². The number of nitrogens with two attached hydrogens (primary N) is 1. The number of halogens is 2. The molecule has 0 heterocycles. The van der Waals surface area contributed by atoms with Crippen LogP contribution in [0.2, 0.25) is 5.02 Å². The summed E-state index contributed by atoms with van der Waals surface area (Å²) in [7, 11) is 0. The largest absolute Gasteiger partial charge is 0.271 e.